The first-order chi connectivity index (χ1) is 12.3. The third kappa shape index (κ3) is 3.72. The highest BCUT2D eigenvalue weighted by molar-refractivity contribution is 7.17. The lowest BCUT2D eigenvalue weighted by Gasteiger charge is -2.12. The molecule has 0 fully saturated rings. The van der Waals surface area contributed by atoms with Crippen LogP contribution in [0.4, 0.5) is 0 Å². The normalized spacial score (nSPS) is 11.1. The minimum atomic E-state index is -0.973. The van der Waals surface area contributed by atoms with Crippen LogP contribution >= 0.6 is 11.3 Å². The highest BCUT2D eigenvalue weighted by Crippen LogP contribution is 2.35. The molecule has 0 aliphatic heterocycles. The molecule has 0 bridgehead atoms. The van der Waals surface area contributed by atoms with Crippen LogP contribution in [0.5, 0.6) is 5.75 Å². The molecular weight excluding hydrogens is 354 g/mol. The summed E-state index contributed by atoms with van der Waals surface area (Å²) in [6, 6.07) is 5.55. The molecule has 3 rings (SSSR count). The number of nitrogens with zero attached hydrogens (tertiary/aromatic N) is 5. The molecule has 8 nitrogen and oxygen atoms in total. The van der Waals surface area contributed by atoms with Crippen molar-refractivity contribution in [3.8, 4) is 27.7 Å². The van der Waals surface area contributed by atoms with E-state index < -0.39 is 5.97 Å². The Morgan fingerprint density at radius 3 is 2.73 bits per heavy atom. The maximum absolute atomic E-state index is 11.3. The molecule has 0 saturated carbocycles. The van der Waals surface area contributed by atoms with Gasteiger partial charge >= 0.3 is 5.97 Å². The Labute approximate surface area is 154 Å². The fourth-order valence-corrected chi connectivity index (χ4v) is 3.23. The van der Waals surface area contributed by atoms with Gasteiger partial charge in [0.25, 0.3) is 0 Å². The van der Waals surface area contributed by atoms with E-state index in [2.05, 4.69) is 34.2 Å². The van der Waals surface area contributed by atoms with E-state index >= 15 is 0 Å². The predicted molar refractivity (Wildman–Crippen MR) is 97.4 cm³/mol. The van der Waals surface area contributed by atoms with Crippen molar-refractivity contribution in [1.29, 1.82) is 0 Å². The molecule has 0 spiro atoms. The molecule has 26 heavy (non-hydrogen) atoms. The van der Waals surface area contributed by atoms with E-state index in [1.54, 1.807) is 14.0 Å². The van der Waals surface area contributed by atoms with Gasteiger partial charge in [0.2, 0.25) is 5.82 Å². The quantitative estimate of drug-likeness (QED) is 0.708. The van der Waals surface area contributed by atoms with Gasteiger partial charge in [-0.25, -0.2) is 9.78 Å². The number of carbonyl (C=O) groups is 1. The molecule has 1 aromatic carbocycles. The smallest absolute Gasteiger partial charge is 0.347 e. The standard InChI is InChI=1S/C17H19N5O3S/c1-9(2)8-25-13-6-5-11(7-12(13)15-19-21-22(4)20-15)16-18-10(3)14(26-16)17(23)24/h5-7,9H,8H2,1-4H3,(H,23,24). The minimum absolute atomic E-state index is 0.235. The van der Waals surface area contributed by atoms with E-state index in [0.29, 0.717) is 40.4 Å². The van der Waals surface area contributed by atoms with Gasteiger partial charge in [0, 0.05) is 5.56 Å². The van der Waals surface area contributed by atoms with Gasteiger partial charge in [0.1, 0.15) is 15.6 Å². The van der Waals surface area contributed by atoms with Crippen molar-refractivity contribution in [3.63, 3.8) is 0 Å². The fraction of sp³-hybridized carbons (Fsp3) is 0.353. The number of thiazole rings is 1. The SMILES string of the molecule is Cc1nc(-c2ccc(OCC(C)C)c(-c3nnn(C)n3)c2)sc1C(=O)O. The van der Waals surface area contributed by atoms with Crippen molar-refractivity contribution in [3.05, 3.63) is 28.8 Å². The fourth-order valence-electron chi connectivity index (χ4n) is 2.33. The molecule has 0 amide bonds. The average molecular weight is 373 g/mol. The number of rotatable bonds is 6. The van der Waals surface area contributed by atoms with Crippen LogP contribution in [0.2, 0.25) is 0 Å². The van der Waals surface area contributed by atoms with Crippen LogP contribution in [0.3, 0.4) is 0 Å². The first kappa shape index (κ1) is 18.0. The van der Waals surface area contributed by atoms with E-state index in [1.165, 1.54) is 4.80 Å². The molecule has 1 N–H and O–H groups in total. The van der Waals surface area contributed by atoms with Crippen LogP contribution in [-0.2, 0) is 7.05 Å². The van der Waals surface area contributed by atoms with E-state index in [4.69, 9.17) is 4.74 Å². The summed E-state index contributed by atoms with van der Waals surface area (Å²) >= 11 is 1.14. The zero-order chi connectivity index (χ0) is 18.8. The minimum Gasteiger partial charge on any atom is -0.493 e. The van der Waals surface area contributed by atoms with Gasteiger partial charge in [-0.05, 0) is 36.3 Å². The van der Waals surface area contributed by atoms with E-state index in [-0.39, 0.29) is 4.88 Å². The molecule has 0 aliphatic carbocycles. The van der Waals surface area contributed by atoms with Crippen molar-refractivity contribution in [2.45, 2.75) is 20.8 Å². The number of hydrogen-bond acceptors (Lipinski definition) is 7. The van der Waals surface area contributed by atoms with Crippen LogP contribution in [0, 0.1) is 12.8 Å². The monoisotopic (exact) mass is 373 g/mol. The topological polar surface area (TPSA) is 103 Å². The third-order valence-electron chi connectivity index (χ3n) is 3.54. The highest BCUT2D eigenvalue weighted by atomic mass is 32.1. The second-order valence-electron chi connectivity index (χ2n) is 6.26. The molecule has 0 atom stereocenters. The summed E-state index contributed by atoms with van der Waals surface area (Å²) < 4.78 is 5.89. The number of aromatic carboxylic acids is 1. The van der Waals surface area contributed by atoms with Crippen molar-refractivity contribution in [1.82, 2.24) is 25.2 Å². The summed E-state index contributed by atoms with van der Waals surface area (Å²) in [6.07, 6.45) is 0. The first-order valence-corrected chi connectivity index (χ1v) is 8.89. The summed E-state index contributed by atoms with van der Waals surface area (Å²) in [7, 11) is 1.69. The predicted octanol–water partition coefficient (Wildman–Crippen LogP) is 3.04. The lowest BCUT2D eigenvalue weighted by atomic mass is 10.1. The molecule has 0 unspecified atom stereocenters. The molecule has 9 heteroatoms. The van der Waals surface area contributed by atoms with Gasteiger partial charge in [0.05, 0.1) is 24.9 Å². The largest absolute Gasteiger partial charge is 0.493 e. The second-order valence-corrected chi connectivity index (χ2v) is 7.26. The average Bonchev–Trinajstić information content (AvgIpc) is 3.18. The number of aryl methyl sites for hydroxylation is 2. The van der Waals surface area contributed by atoms with E-state index in [1.807, 2.05) is 18.2 Å². The Morgan fingerprint density at radius 2 is 2.15 bits per heavy atom. The number of hydrogen-bond donors (Lipinski definition) is 1. The summed E-state index contributed by atoms with van der Waals surface area (Å²) in [5.41, 5.74) is 1.97. The molecule has 3 aromatic rings. The number of tetrazole rings is 1. The number of ether oxygens (including phenoxy) is 1. The van der Waals surface area contributed by atoms with Crippen molar-refractivity contribution in [2.75, 3.05) is 6.61 Å². The van der Waals surface area contributed by atoms with Crippen LogP contribution in [0.15, 0.2) is 18.2 Å². The van der Waals surface area contributed by atoms with Crippen LogP contribution in [0.25, 0.3) is 22.0 Å². The van der Waals surface area contributed by atoms with E-state index in [9.17, 15) is 9.90 Å². The van der Waals surface area contributed by atoms with Crippen LogP contribution in [-0.4, -0.2) is 42.9 Å². The van der Waals surface area contributed by atoms with Crippen LogP contribution < -0.4 is 4.74 Å². The van der Waals surface area contributed by atoms with E-state index in [0.717, 1.165) is 16.9 Å². The molecule has 0 saturated heterocycles. The summed E-state index contributed by atoms with van der Waals surface area (Å²) in [4.78, 5) is 17.3. The first-order valence-electron chi connectivity index (χ1n) is 8.07. The zero-order valence-corrected chi connectivity index (χ0v) is 15.7. The maximum atomic E-state index is 11.3. The van der Waals surface area contributed by atoms with Gasteiger partial charge in [-0.2, -0.15) is 4.80 Å². The Morgan fingerprint density at radius 1 is 1.38 bits per heavy atom. The molecule has 0 aliphatic rings. The molecule has 2 aromatic heterocycles. The number of benzene rings is 1. The molecule has 136 valence electrons. The summed E-state index contributed by atoms with van der Waals surface area (Å²) in [6.45, 7) is 6.39. The molecule has 2 heterocycles. The molecular formula is C17H19N5O3S. The maximum Gasteiger partial charge on any atom is 0.347 e. The highest BCUT2D eigenvalue weighted by Gasteiger charge is 2.18. The lowest BCUT2D eigenvalue weighted by Crippen LogP contribution is -2.05. The Kier molecular flexibility index (Phi) is 4.99. The van der Waals surface area contributed by atoms with Gasteiger partial charge in [-0.15, -0.1) is 21.5 Å². The number of aromatic nitrogens is 5. The Bertz CT molecular complexity index is 948. The van der Waals surface area contributed by atoms with Crippen molar-refractivity contribution in [2.24, 2.45) is 13.0 Å². The van der Waals surface area contributed by atoms with Crippen molar-refractivity contribution >= 4 is 17.3 Å². The second kappa shape index (κ2) is 7.20. The Balaban J connectivity index is 2.05. The van der Waals surface area contributed by atoms with Gasteiger partial charge in [-0.1, -0.05) is 13.8 Å². The third-order valence-corrected chi connectivity index (χ3v) is 4.73. The lowest BCUT2D eigenvalue weighted by molar-refractivity contribution is 0.0701. The zero-order valence-electron chi connectivity index (χ0n) is 14.9. The summed E-state index contributed by atoms with van der Waals surface area (Å²) in [5, 5.41) is 22.1. The Hall–Kier alpha value is -2.81. The van der Waals surface area contributed by atoms with Crippen molar-refractivity contribution < 1.29 is 14.6 Å². The number of carboxylic acids is 1. The number of carboxylic acid groups (broad SMARTS) is 1. The van der Waals surface area contributed by atoms with Gasteiger partial charge < -0.3 is 9.84 Å². The molecule has 0 radical (unpaired) electrons. The summed E-state index contributed by atoms with van der Waals surface area (Å²) in [5.74, 6) is 0.498. The van der Waals surface area contributed by atoms with Crippen LogP contribution in [0.1, 0.15) is 29.2 Å². The van der Waals surface area contributed by atoms with Gasteiger partial charge in [0.15, 0.2) is 0 Å². The van der Waals surface area contributed by atoms with Gasteiger partial charge in [-0.3, -0.25) is 0 Å².